The van der Waals surface area contributed by atoms with Crippen LogP contribution in [0, 0.1) is 0 Å². The summed E-state index contributed by atoms with van der Waals surface area (Å²) in [6.45, 7) is 0.982. The van der Waals surface area contributed by atoms with Gasteiger partial charge in [0.15, 0.2) is 0 Å². The van der Waals surface area contributed by atoms with E-state index in [0.29, 0.717) is 23.9 Å². The van der Waals surface area contributed by atoms with Gasteiger partial charge in [0.2, 0.25) is 5.91 Å². The van der Waals surface area contributed by atoms with Crippen LogP contribution in [-0.2, 0) is 9.53 Å². The summed E-state index contributed by atoms with van der Waals surface area (Å²) in [6.07, 6.45) is 3.12. The topological polar surface area (TPSA) is 64.3 Å². The molecule has 0 unspecified atom stereocenters. The second-order valence-corrected chi connectivity index (χ2v) is 3.81. The Morgan fingerprint density at radius 1 is 1.59 bits per heavy atom. The first kappa shape index (κ1) is 13.5. The lowest BCUT2D eigenvalue weighted by Crippen LogP contribution is -2.24. The predicted molar refractivity (Wildman–Crippen MR) is 69.8 cm³/mol. The molecule has 1 aromatic carbocycles. The molecule has 0 saturated heterocycles. The number of benzene rings is 1. The van der Waals surface area contributed by atoms with Gasteiger partial charge in [0.1, 0.15) is 0 Å². The average molecular weight is 255 g/mol. The standard InChI is InChI=1S/C12H15ClN2O2/c1-17-7-6-15-12(16)5-3-9-2-4-10(13)11(14)8-9/h2-5,8H,6-7,14H2,1H3,(H,15,16)/b5-3+. The molecule has 92 valence electrons. The summed E-state index contributed by atoms with van der Waals surface area (Å²) in [5.74, 6) is -0.171. The van der Waals surface area contributed by atoms with Gasteiger partial charge in [-0.25, -0.2) is 0 Å². The van der Waals surface area contributed by atoms with Gasteiger partial charge in [-0.05, 0) is 23.8 Å². The van der Waals surface area contributed by atoms with E-state index in [1.54, 1.807) is 31.4 Å². The second kappa shape index (κ2) is 6.93. The third-order valence-electron chi connectivity index (χ3n) is 2.05. The number of ether oxygens (including phenoxy) is 1. The van der Waals surface area contributed by atoms with Gasteiger partial charge in [-0.2, -0.15) is 0 Å². The Hall–Kier alpha value is -1.52. The summed E-state index contributed by atoms with van der Waals surface area (Å²) in [6, 6.07) is 5.19. The molecule has 0 bridgehead atoms. The smallest absolute Gasteiger partial charge is 0.244 e. The normalized spacial score (nSPS) is 10.7. The monoisotopic (exact) mass is 254 g/mol. The number of hydrogen-bond acceptors (Lipinski definition) is 3. The molecule has 0 atom stereocenters. The maximum absolute atomic E-state index is 11.3. The molecule has 3 N–H and O–H groups in total. The maximum atomic E-state index is 11.3. The van der Waals surface area contributed by atoms with Crippen molar-refractivity contribution in [2.75, 3.05) is 26.0 Å². The van der Waals surface area contributed by atoms with Gasteiger partial charge < -0.3 is 15.8 Å². The molecule has 0 aliphatic carbocycles. The fraction of sp³-hybridized carbons (Fsp3) is 0.250. The first-order valence-corrected chi connectivity index (χ1v) is 5.51. The van der Waals surface area contributed by atoms with Crippen LogP contribution in [0.15, 0.2) is 24.3 Å². The van der Waals surface area contributed by atoms with Crippen molar-refractivity contribution in [2.45, 2.75) is 0 Å². The van der Waals surface area contributed by atoms with Gasteiger partial charge >= 0.3 is 0 Å². The third-order valence-corrected chi connectivity index (χ3v) is 2.40. The summed E-state index contributed by atoms with van der Waals surface area (Å²) < 4.78 is 4.81. The summed E-state index contributed by atoms with van der Waals surface area (Å²) in [4.78, 5) is 11.3. The van der Waals surface area contributed by atoms with Crippen LogP contribution in [-0.4, -0.2) is 26.2 Å². The van der Waals surface area contributed by atoms with Crippen LogP contribution >= 0.6 is 11.6 Å². The van der Waals surface area contributed by atoms with Gasteiger partial charge in [0, 0.05) is 19.7 Å². The quantitative estimate of drug-likeness (QED) is 0.478. The first-order valence-electron chi connectivity index (χ1n) is 5.13. The van der Waals surface area contributed by atoms with E-state index in [-0.39, 0.29) is 5.91 Å². The highest BCUT2D eigenvalue weighted by molar-refractivity contribution is 6.33. The number of carbonyl (C=O) groups is 1. The molecule has 0 fully saturated rings. The number of hydrogen-bond donors (Lipinski definition) is 2. The number of carbonyl (C=O) groups excluding carboxylic acids is 1. The summed E-state index contributed by atoms with van der Waals surface area (Å²) >= 11 is 5.79. The van der Waals surface area contributed by atoms with Crippen LogP contribution in [0.25, 0.3) is 6.08 Å². The lowest BCUT2D eigenvalue weighted by Gasteiger charge is -2.01. The van der Waals surface area contributed by atoms with Crippen molar-refractivity contribution >= 4 is 29.3 Å². The minimum absolute atomic E-state index is 0.171. The van der Waals surface area contributed by atoms with Crippen molar-refractivity contribution in [1.82, 2.24) is 5.32 Å². The van der Waals surface area contributed by atoms with E-state index in [0.717, 1.165) is 5.56 Å². The zero-order valence-corrected chi connectivity index (χ0v) is 10.3. The van der Waals surface area contributed by atoms with E-state index >= 15 is 0 Å². The second-order valence-electron chi connectivity index (χ2n) is 3.40. The molecule has 4 nitrogen and oxygen atoms in total. The van der Waals surface area contributed by atoms with Crippen LogP contribution in [0.3, 0.4) is 0 Å². The van der Waals surface area contributed by atoms with Gasteiger partial charge in [-0.15, -0.1) is 0 Å². The Balaban J connectivity index is 2.52. The van der Waals surface area contributed by atoms with E-state index in [1.807, 2.05) is 0 Å². The maximum Gasteiger partial charge on any atom is 0.244 e. The van der Waals surface area contributed by atoms with E-state index < -0.39 is 0 Å². The molecule has 0 radical (unpaired) electrons. The molecule has 0 aliphatic heterocycles. The van der Waals surface area contributed by atoms with E-state index in [4.69, 9.17) is 22.1 Å². The number of nitrogen functional groups attached to an aromatic ring is 1. The molecule has 0 saturated carbocycles. The van der Waals surface area contributed by atoms with Crippen LogP contribution in [0.4, 0.5) is 5.69 Å². The third kappa shape index (κ3) is 4.89. The number of anilines is 1. The summed E-state index contributed by atoms with van der Waals surface area (Å²) in [7, 11) is 1.58. The number of amides is 1. The molecule has 5 heteroatoms. The summed E-state index contributed by atoms with van der Waals surface area (Å²) in [5.41, 5.74) is 6.96. The largest absolute Gasteiger partial charge is 0.398 e. The molecular weight excluding hydrogens is 240 g/mol. The molecule has 0 spiro atoms. The van der Waals surface area contributed by atoms with Crippen LogP contribution in [0.2, 0.25) is 5.02 Å². The fourth-order valence-electron chi connectivity index (χ4n) is 1.17. The number of nitrogens with two attached hydrogens (primary N) is 1. The van der Waals surface area contributed by atoms with Crippen LogP contribution in [0.5, 0.6) is 0 Å². The Labute approximate surface area is 105 Å². The Morgan fingerprint density at radius 3 is 3.00 bits per heavy atom. The fourth-order valence-corrected chi connectivity index (χ4v) is 1.29. The van der Waals surface area contributed by atoms with Crippen molar-refractivity contribution < 1.29 is 9.53 Å². The zero-order valence-electron chi connectivity index (χ0n) is 9.57. The lowest BCUT2D eigenvalue weighted by atomic mass is 10.2. The zero-order chi connectivity index (χ0) is 12.7. The number of methoxy groups -OCH3 is 1. The predicted octanol–water partition coefficient (Wildman–Crippen LogP) is 1.70. The van der Waals surface area contributed by atoms with Crippen molar-refractivity contribution in [2.24, 2.45) is 0 Å². The molecule has 1 rings (SSSR count). The highest BCUT2D eigenvalue weighted by atomic mass is 35.5. The minimum atomic E-state index is -0.171. The lowest BCUT2D eigenvalue weighted by molar-refractivity contribution is -0.116. The first-order chi connectivity index (χ1) is 8.13. The van der Waals surface area contributed by atoms with Crippen molar-refractivity contribution in [3.05, 3.63) is 34.9 Å². The molecule has 0 heterocycles. The molecule has 1 aromatic rings. The highest BCUT2D eigenvalue weighted by Gasteiger charge is 1.97. The van der Waals surface area contributed by atoms with Gasteiger partial charge in [0.25, 0.3) is 0 Å². The molecular formula is C12H15ClN2O2. The Morgan fingerprint density at radius 2 is 2.35 bits per heavy atom. The number of nitrogens with one attached hydrogen (secondary N) is 1. The van der Waals surface area contributed by atoms with E-state index in [9.17, 15) is 4.79 Å². The molecule has 0 aromatic heterocycles. The van der Waals surface area contributed by atoms with Crippen LogP contribution < -0.4 is 11.1 Å². The van der Waals surface area contributed by atoms with E-state index in [2.05, 4.69) is 5.32 Å². The van der Waals surface area contributed by atoms with Gasteiger partial charge in [-0.3, -0.25) is 4.79 Å². The Kier molecular flexibility index (Phi) is 5.52. The molecule has 0 aliphatic rings. The van der Waals surface area contributed by atoms with Gasteiger partial charge in [0.05, 0.1) is 17.3 Å². The molecule has 17 heavy (non-hydrogen) atoms. The van der Waals surface area contributed by atoms with Crippen molar-refractivity contribution in [3.63, 3.8) is 0 Å². The summed E-state index contributed by atoms with van der Waals surface area (Å²) in [5, 5.41) is 3.18. The highest BCUT2D eigenvalue weighted by Crippen LogP contribution is 2.19. The number of halogens is 1. The molecule has 1 amide bonds. The van der Waals surface area contributed by atoms with E-state index in [1.165, 1.54) is 6.08 Å². The van der Waals surface area contributed by atoms with Gasteiger partial charge in [-0.1, -0.05) is 17.7 Å². The number of rotatable bonds is 5. The van der Waals surface area contributed by atoms with Crippen LogP contribution in [0.1, 0.15) is 5.56 Å². The van der Waals surface area contributed by atoms with Crippen molar-refractivity contribution in [3.8, 4) is 0 Å². The Bertz CT molecular complexity index is 419. The SMILES string of the molecule is COCCNC(=O)/C=C/c1ccc(Cl)c(N)c1. The van der Waals surface area contributed by atoms with Crippen molar-refractivity contribution in [1.29, 1.82) is 0 Å². The average Bonchev–Trinajstić information content (AvgIpc) is 2.31. The minimum Gasteiger partial charge on any atom is -0.398 e.